The molecule has 2 aliphatic heterocycles. The number of allylic oxidation sites excluding steroid dienone is 5. The number of aromatic amines is 1. The summed E-state index contributed by atoms with van der Waals surface area (Å²) in [6, 6.07) is 8.28. The van der Waals surface area contributed by atoms with E-state index >= 15 is 0 Å². The van der Waals surface area contributed by atoms with Gasteiger partial charge in [-0.25, -0.2) is 0 Å². The van der Waals surface area contributed by atoms with Gasteiger partial charge in [-0.1, -0.05) is 55.2 Å². The fourth-order valence-corrected chi connectivity index (χ4v) is 4.55. The van der Waals surface area contributed by atoms with E-state index in [1.165, 1.54) is 10.9 Å². The normalized spacial score (nSPS) is 19.6. The quantitative estimate of drug-likeness (QED) is 0.379. The van der Waals surface area contributed by atoms with E-state index in [2.05, 4.69) is 46.2 Å². The zero-order chi connectivity index (χ0) is 25.8. The molecule has 188 valence electrons. The van der Waals surface area contributed by atoms with Crippen LogP contribution in [0.4, 0.5) is 0 Å². The van der Waals surface area contributed by atoms with Crippen molar-refractivity contribution in [1.82, 2.24) is 14.8 Å². The van der Waals surface area contributed by atoms with Crippen LogP contribution in [0.1, 0.15) is 53.0 Å². The highest BCUT2D eigenvalue weighted by molar-refractivity contribution is 5.87. The summed E-state index contributed by atoms with van der Waals surface area (Å²) in [7, 11) is 0. The minimum absolute atomic E-state index is 0.176. The molecule has 1 atom stereocenters. The molecule has 2 saturated heterocycles. The van der Waals surface area contributed by atoms with E-state index in [-0.39, 0.29) is 5.41 Å². The number of para-hydroxylation sites is 1. The number of fused-ring (bicyclic) bond motifs is 1. The van der Waals surface area contributed by atoms with Crippen molar-refractivity contribution in [3.63, 3.8) is 0 Å². The van der Waals surface area contributed by atoms with Gasteiger partial charge in [-0.15, -0.1) is 0 Å². The molecule has 1 spiro atoms. The van der Waals surface area contributed by atoms with Gasteiger partial charge in [0.2, 0.25) is 5.91 Å². The van der Waals surface area contributed by atoms with Gasteiger partial charge in [0.15, 0.2) is 0 Å². The second-order valence-electron chi connectivity index (χ2n) is 9.26. The van der Waals surface area contributed by atoms with Gasteiger partial charge in [0.05, 0.1) is 5.41 Å². The Morgan fingerprint density at radius 2 is 1.83 bits per heavy atom. The van der Waals surface area contributed by atoms with E-state index in [1.807, 2.05) is 70.0 Å². The summed E-state index contributed by atoms with van der Waals surface area (Å²) in [5, 5.41) is 1.22. The predicted octanol–water partition coefficient (Wildman–Crippen LogP) is 6.88. The third kappa shape index (κ3) is 7.57. The van der Waals surface area contributed by atoms with Gasteiger partial charge in [0.1, 0.15) is 0 Å². The van der Waals surface area contributed by atoms with Crippen molar-refractivity contribution in [2.24, 2.45) is 10.4 Å². The number of aliphatic imine (C=N–C) groups is 1. The SMILES string of the molecule is C=C(C)/C=C\C.C=C(C)N1CCC2(CCN(Cc3c[nH]c4ccccc34)C2=O)C1.CC=N/C=C\C. The second-order valence-corrected chi connectivity index (χ2v) is 9.26. The van der Waals surface area contributed by atoms with E-state index in [0.29, 0.717) is 12.5 Å². The first-order chi connectivity index (χ1) is 16.8. The third-order valence-corrected chi connectivity index (χ3v) is 6.37. The van der Waals surface area contributed by atoms with Gasteiger partial charge in [-0.2, -0.15) is 0 Å². The number of hydrogen-bond acceptors (Lipinski definition) is 3. The number of amides is 1. The summed E-state index contributed by atoms with van der Waals surface area (Å²) in [4.78, 5) is 24.4. The van der Waals surface area contributed by atoms with Crippen molar-refractivity contribution >= 4 is 23.0 Å². The smallest absolute Gasteiger partial charge is 0.231 e. The van der Waals surface area contributed by atoms with Crippen molar-refractivity contribution in [1.29, 1.82) is 0 Å². The summed E-state index contributed by atoms with van der Waals surface area (Å²) in [5.74, 6) is 0.325. The van der Waals surface area contributed by atoms with Gasteiger partial charge in [-0.05, 0) is 59.1 Å². The lowest BCUT2D eigenvalue weighted by molar-refractivity contribution is -0.135. The number of nitrogens with one attached hydrogen (secondary N) is 1. The fourth-order valence-electron chi connectivity index (χ4n) is 4.55. The van der Waals surface area contributed by atoms with Crippen molar-refractivity contribution in [3.8, 4) is 0 Å². The van der Waals surface area contributed by atoms with Crippen LogP contribution in [0.15, 0.2) is 84.3 Å². The minimum atomic E-state index is -0.176. The second kappa shape index (κ2) is 13.5. The van der Waals surface area contributed by atoms with E-state index in [0.717, 1.165) is 49.3 Å². The number of H-pyrrole nitrogens is 1. The monoisotopic (exact) mass is 474 g/mol. The molecular formula is C30H42N4O. The van der Waals surface area contributed by atoms with Gasteiger partial charge in [0.25, 0.3) is 0 Å². The number of carbonyl (C=O) groups is 1. The maximum atomic E-state index is 13.0. The summed E-state index contributed by atoms with van der Waals surface area (Å²) < 4.78 is 0. The molecule has 0 saturated carbocycles. The summed E-state index contributed by atoms with van der Waals surface area (Å²) in [5.41, 5.74) is 4.35. The van der Waals surface area contributed by atoms with Crippen molar-refractivity contribution < 1.29 is 4.79 Å². The van der Waals surface area contributed by atoms with E-state index < -0.39 is 0 Å². The highest BCUT2D eigenvalue weighted by Gasteiger charge is 2.50. The largest absolute Gasteiger partial charge is 0.374 e. The predicted molar refractivity (Wildman–Crippen MR) is 150 cm³/mol. The number of nitrogens with zero attached hydrogens (tertiary/aromatic N) is 3. The third-order valence-electron chi connectivity index (χ3n) is 6.37. The number of rotatable bonds is 5. The number of aromatic nitrogens is 1. The molecule has 1 aromatic heterocycles. The molecule has 4 rings (SSSR count). The first-order valence-electron chi connectivity index (χ1n) is 12.4. The average molecular weight is 475 g/mol. The van der Waals surface area contributed by atoms with Crippen molar-refractivity contribution in [3.05, 3.63) is 84.9 Å². The average Bonchev–Trinajstić information content (AvgIpc) is 3.53. The van der Waals surface area contributed by atoms with Crippen LogP contribution >= 0.6 is 0 Å². The van der Waals surface area contributed by atoms with Crippen LogP contribution in [0.2, 0.25) is 0 Å². The van der Waals surface area contributed by atoms with Crippen LogP contribution in [0.5, 0.6) is 0 Å². The molecule has 0 aliphatic carbocycles. The summed E-state index contributed by atoms with van der Waals surface area (Å²) in [6.45, 7) is 20.9. The first-order valence-corrected chi connectivity index (χ1v) is 12.4. The maximum absolute atomic E-state index is 13.0. The van der Waals surface area contributed by atoms with Crippen molar-refractivity contribution in [2.75, 3.05) is 19.6 Å². The van der Waals surface area contributed by atoms with Crippen LogP contribution < -0.4 is 0 Å². The van der Waals surface area contributed by atoms with E-state index in [9.17, 15) is 4.79 Å². The molecule has 2 aliphatic rings. The zero-order valence-corrected chi connectivity index (χ0v) is 22.2. The fraction of sp³-hybridized carbons (Fsp3) is 0.400. The van der Waals surface area contributed by atoms with Crippen molar-refractivity contribution in [2.45, 2.75) is 54.0 Å². The van der Waals surface area contributed by atoms with Crippen LogP contribution in [-0.2, 0) is 11.3 Å². The Hall–Kier alpha value is -3.34. The summed E-state index contributed by atoms with van der Waals surface area (Å²) in [6.07, 6.45) is 13.3. The first kappa shape index (κ1) is 27.9. The summed E-state index contributed by atoms with van der Waals surface area (Å²) >= 11 is 0. The van der Waals surface area contributed by atoms with Gasteiger partial charge >= 0.3 is 0 Å². The Bertz CT molecular complexity index is 1080. The lowest BCUT2D eigenvalue weighted by Gasteiger charge is -2.24. The number of likely N-dealkylation sites (tertiary alicyclic amines) is 2. The Balaban J connectivity index is 0.000000301. The molecular weight excluding hydrogens is 432 g/mol. The van der Waals surface area contributed by atoms with Crippen LogP contribution in [-0.4, -0.2) is 46.5 Å². The number of carbonyl (C=O) groups excluding carboxylic acids is 1. The van der Waals surface area contributed by atoms with Gasteiger partial charge < -0.3 is 14.8 Å². The molecule has 1 unspecified atom stereocenters. The van der Waals surface area contributed by atoms with E-state index in [4.69, 9.17) is 0 Å². The molecule has 5 heteroatoms. The Morgan fingerprint density at radius 3 is 2.37 bits per heavy atom. The number of hydrogen-bond donors (Lipinski definition) is 1. The molecule has 35 heavy (non-hydrogen) atoms. The van der Waals surface area contributed by atoms with Gasteiger partial charge in [-0.3, -0.25) is 9.79 Å². The minimum Gasteiger partial charge on any atom is -0.374 e. The zero-order valence-electron chi connectivity index (χ0n) is 22.2. The van der Waals surface area contributed by atoms with E-state index in [1.54, 1.807) is 12.4 Å². The molecule has 2 aromatic rings. The molecule has 2 fully saturated rings. The highest BCUT2D eigenvalue weighted by Crippen LogP contribution is 2.42. The molecule has 0 radical (unpaired) electrons. The van der Waals surface area contributed by atoms with Crippen LogP contribution in [0, 0.1) is 5.41 Å². The maximum Gasteiger partial charge on any atom is 0.231 e. The Morgan fingerprint density at radius 1 is 1.11 bits per heavy atom. The lowest BCUT2D eigenvalue weighted by atomic mass is 9.85. The van der Waals surface area contributed by atoms with Gasteiger partial charge in [0, 0.05) is 61.4 Å². The lowest BCUT2D eigenvalue weighted by Crippen LogP contribution is -2.36. The number of benzene rings is 1. The standard InChI is InChI=1S/C19H23N3O.C6H10.C5H9N/c1-14(2)22-10-8-19(13-22)7-9-21(18(19)23)12-15-11-20-17-6-4-3-5-16(15)17;1-4-5-6(2)3;1-3-5-6-4-2/h3-6,11,20H,1,7-10,12-13H2,2H3;4-5H,2H2,1,3H3;3-5H,1-2H3/b;5-4-;5-3-,6-4?. The molecule has 1 N–H and O–H groups in total. The molecule has 1 amide bonds. The molecule has 0 bridgehead atoms. The topological polar surface area (TPSA) is 51.7 Å². The Kier molecular flexibility index (Phi) is 10.8. The highest BCUT2D eigenvalue weighted by atomic mass is 16.2. The Labute approximate surface area is 211 Å². The van der Waals surface area contributed by atoms with Crippen LogP contribution in [0.25, 0.3) is 10.9 Å². The molecule has 1 aromatic carbocycles. The van der Waals surface area contributed by atoms with Crippen LogP contribution in [0.3, 0.4) is 0 Å². The molecule has 5 nitrogen and oxygen atoms in total. The molecule has 3 heterocycles.